The topological polar surface area (TPSA) is 115 Å². The molecule has 33 heavy (non-hydrogen) atoms. The number of methoxy groups -OCH3 is 2. The predicted molar refractivity (Wildman–Crippen MR) is 123 cm³/mol. The lowest BCUT2D eigenvalue weighted by Crippen LogP contribution is -2.42. The molecular formula is C24H37N3O6. The summed E-state index contributed by atoms with van der Waals surface area (Å²) in [7, 11) is 2.66. The van der Waals surface area contributed by atoms with Gasteiger partial charge in [-0.25, -0.2) is 0 Å². The molecule has 0 saturated carbocycles. The normalized spacial score (nSPS) is 12.8. The lowest BCUT2D eigenvalue weighted by molar-refractivity contribution is -0.148. The van der Waals surface area contributed by atoms with E-state index in [2.05, 4.69) is 10.3 Å². The summed E-state index contributed by atoms with van der Waals surface area (Å²) in [6.07, 6.45) is 2.14. The van der Waals surface area contributed by atoms with E-state index >= 15 is 0 Å². The van der Waals surface area contributed by atoms with Gasteiger partial charge in [0.15, 0.2) is 0 Å². The number of hydrogen-bond donors (Lipinski definition) is 1. The highest BCUT2D eigenvalue weighted by Gasteiger charge is 2.27. The fourth-order valence-electron chi connectivity index (χ4n) is 3.50. The molecule has 1 N–H and O–H groups in total. The molecule has 9 heteroatoms. The van der Waals surface area contributed by atoms with E-state index in [-0.39, 0.29) is 24.0 Å². The van der Waals surface area contributed by atoms with Crippen molar-refractivity contribution < 1.29 is 28.7 Å². The zero-order valence-electron chi connectivity index (χ0n) is 20.4. The van der Waals surface area contributed by atoms with E-state index in [4.69, 9.17) is 9.47 Å². The van der Waals surface area contributed by atoms with Crippen molar-refractivity contribution in [2.75, 3.05) is 20.8 Å². The van der Waals surface area contributed by atoms with Crippen LogP contribution in [0, 0.1) is 0 Å². The minimum Gasteiger partial charge on any atom is -0.468 e. The van der Waals surface area contributed by atoms with Crippen LogP contribution in [0.15, 0.2) is 18.2 Å². The quantitative estimate of drug-likeness (QED) is 0.368. The Morgan fingerprint density at radius 2 is 1.58 bits per heavy atom. The van der Waals surface area contributed by atoms with Crippen LogP contribution in [0.25, 0.3) is 0 Å². The number of carbonyl (C=O) groups is 4. The number of ether oxygens (including phenoxy) is 2. The van der Waals surface area contributed by atoms with E-state index in [9.17, 15) is 19.2 Å². The molecule has 1 heterocycles. The number of nitrogens with zero attached hydrogens (tertiary/aromatic N) is 2. The highest BCUT2D eigenvalue weighted by atomic mass is 16.5. The molecule has 1 rings (SSSR count). The van der Waals surface area contributed by atoms with Gasteiger partial charge in [0.2, 0.25) is 0 Å². The van der Waals surface area contributed by atoms with Crippen LogP contribution in [0.1, 0.15) is 64.3 Å². The van der Waals surface area contributed by atoms with Crippen molar-refractivity contribution in [1.29, 1.82) is 0 Å². The van der Waals surface area contributed by atoms with Crippen molar-refractivity contribution in [3.8, 4) is 0 Å². The van der Waals surface area contributed by atoms with Crippen molar-refractivity contribution in [3.05, 3.63) is 29.6 Å². The SMILES string of the molecule is CCCN(Cc1cccc(CNC(CCC(C)=O)C(=O)OC)n1)C(CCC(C)=O)C(=O)OC. The van der Waals surface area contributed by atoms with Gasteiger partial charge in [0.25, 0.3) is 0 Å². The third kappa shape index (κ3) is 10.7. The monoisotopic (exact) mass is 463 g/mol. The molecule has 0 aliphatic rings. The number of aromatic nitrogens is 1. The molecule has 1 aromatic rings. The maximum absolute atomic E-state index is 12.4. The number of Topliss-reactive ketones (excluding diaryl/α,β-unsaturated/α-hetero) is 2. The Morgan fingerprint density at radius 3 is 2.15 bits per heavy atom. The molecule has 0 radical (unpaired) electrons. The molecule has 2 unspecified atom stereocenters. The highest BCUT2D eigenvalue weighted by Crippen LogP contribution is 2.15. The first kappa shape index (κ1) is 28.4. The minimum atomic E-state index is -0.601. The van der Waals surface area contributed by atoms with Crippen molar-refractivity contribution in [2.24, 2.45) is 0 Å². The molecule has 9 nitrogen and oxygen atoms in total. The maximum atomic E-state index is 12.4. The van der Waals surface area contributed by atoms with Crippen molar-refractivity contribution in [3.63, 3.8) is 0 Å². The van der Waals surface area contributed by atoms with Crippen molar-refractivity contribution in [2.45, 2.75) is 78.0 Å². The Balaban J connectivity index is 2.93. The Hall–Kier alpha value is -2.65. The Kier molecular flexibility index (Phi) is 13.1. The average Bonchev–Trinajstić information content (AvgIpc) is 2.78. The van der Waals surface area contributed by atoms with E-state index < -0.39 is 18.1 Å². The Labute approximate surface area is 196 Å². The van der Waals surface area contributed by atoms with E-state index in [0.717, 1.165) is 17.8 Å². The summed E-state index contributed by atoms with van der Waals surface area (Å²) in [6.45, 7) is 6.41. The molecule has 0 aliphatic heterocycles. The number of nitrogens with one attached hydrogen (secondary N) is 1. The second-order valence-corrected chi connectivity index (χ2v) is 8.07. The summed E-state index contributed by atoms with van der Waals surface area (Å²) in [5, 5.41) is 3.12. The van der Waals surface area contributed by atoms with Crippen LogP contribution >= 0.6 is 0 Å². The molecule has 0 bridgehead atoms. The van der Waals surface area contributed by atoms with Gasteiger partial charge in [-0.15, -0.1) is 0 Å². The predicted octanol–water partition coefficient (Wildman–Crippen LogP) is 2.20. The number of rotatable bonds is 16. The molecule has 0 amide bonds. The molecule has 0 spiro atoms. The summed E-state index contributed by atoms with van der Waals surface area (Å²) < 4.78 is 9.81. The van der Waals surface area contributed by atoms with Gasteiger partial charge in [-0.2, -0.15) is 0 Å². The smallest absolute Gasteiger partial charge is 0.323 e. The molecule has 2 atom stereocenters. The summed E-state index contributed by atoms with van der Waals surface area (Å²) >= 11 is 0. The summed E-state index contributed by atoms with van der Waals surface area (Å²) in [6, 6.07) is 4.45. The number of pyridine rings is 1. The molecule has 184 valence electrons. The van der Waals surface area contributed by atoms with E-state index in [0.29, 0.717) is 38.9 Å². The lowest BCUT2D eigenvalue weighted by atomic mass is 10.1. The van der Waals surface area contributed by atoms with Crippen LogP contribution in [0.3, 0.4) is 0 Å². The second-order valence-electron chi connectivity index (χ2n) is 8.07. The largest absolute Gasteiger partial charge is 0.468 e. The van der Waals surface area contributed by atoms with Gasteiger partial charge < -0.3 is 19.1 Å². The van der Waals surface area contributed by atoms with Gasteiger partial charge in [0.05, 0.1) is 25.6 Å². The molecule has 0 aliphatic carbocycles. The summed E-state index contributed by atoms with van der Waals surface area (Å²) in [4.78, 5) is 53.8. The zero-order chi connectivity index (χ0) is 24.8. The number of hydrogen-bond acceptors (Lipinski definition) is 9. The summed E-state index contributed by atoms with van der Waals surface area (Å²) in [5.74, 6) is -0.759. The number of esters is 2. The van der Waals surface area contributed by atoms with Gasteiger partial charge >= 0.3 is 11.9 Å². The van der Waals surface area contributed by atoms with Gasteiger partial charge in [-0.1, -0.05) is 13.0 Å². The number of carbonyl (C=O) groups excluding carboxylic acids is 4. The molecule has 0 fully saturated rings. The van der Waals surface area contributed by atoms with E-state index in [1.807, 2.05) is 30.0 Å². The first-order valence-corrected chi connectivity index (χ1v) is 11.3. The van der Waals surface area contributed by atoms with Crippen LogP contribution < -0.4 is 5.32 Å². The Bertz CT molecular complexity index is 798. The van der Waals surface area contributed by atoms with Crippen LogP contribution in [-0.4, -0.2) is 66.2 Å². The van der Waals surface area contributed by atoms with Crippen LogP contribution in [0.2, 0.25) is 0 Å². The third-order valence-electron chi connectivity index (χ3n) is 5.22. The van der Waals surface area contributed by atoms with Crippen LogP contribution in [-0.2, 0) is 41.7 Å². The van der Waals surface area contributed by atoms with Crippen molar-refractivity contribution in [1.82, 2.24) is 15.2 Å². The zero-order valence-corrected chi connectivity index (χ0v) is 20.4. The summed E-state index contributed by atoms with van der Waals surface area (Å²) in [5.41, 5.74) is 1.48. The minimum absolute atomic E-state index is 0.00627. The van der Waals surface area contributed by atoms with Gasteiger partial charge in [-0.05, 0) is 51.8 Å². The fraction of sp³-hybridized carbons (Fsp3) is 0.625. The average molecular weight is 464 g/mol. The van der Waals surface area contributed by atoms with Crippen molar-refractivity contribution >= 4 is 23.5 Å². The van der Waals surface area contributed by atoms with Gasteiger partial charge in [-0.3, -0.25) is 24.8 Å². The van der Waals surface area contributed by atoms with Crippen LogP contribution in [0.4, 0.5) is 0 Å². The molecule has 0 saturated heterocycles. The number of ketones is 2. The molecule has 1 aromatic heterocycles. The van der Waals surface area contributed by atoms with E-state index in [1.165, 1.54) is 28.1 Å². The van der Waals surface area contributed by atoms with Gasteiger partial charge in [0.1, 0.15) is 23.7 Å². The van der Waals surface area contributed by atoms with E-state index in [1.54, 1.807) is 0 Å². The molecular weight excluding hydrogens is 426 g/mol. The van der Waals surface area contributed by atoms with Crippen LogP contribution in [0.5, 0.6) is 0 Å². The Morgan fingerprint density at radius 1 is 0.970 bits per heavy atom. The standard InChI is InChI=1S/C24H37N3O6/c1-6-14-27(22(24(31)33-5)13-11-18(3)29)16-20-9-7-8-19(26-20)15-25-21(23(30)32-4)12-10-17(2)28/h7-9,21-22,25H,6,10-16H2,1-5H3. The first-order chi connectivity index (χ1) is 15.7. The lowest BCUT2D eigenvalue weighted by Gasteiger charge is -2.29. The maximum Gasteiger partial charge on any atom is 0.323 e. The van der Waals surface area contributed by atoms with Gasteiger partial charge in [0, 0.05) is 25.9 Å². The fourth-order valence-corrected chi connectivity index (χ4v) is 3.50. The highest BCUT2D eigenvalue weighted by molar-refractivity contribution is 5.79. The third-order valence-corrected chi connectivity index (χ3v) is 5.22. The second kappa shape index (κ2) is 15.2. The first-order valence-electron chi connectivity index (χ1n) is 11.3. The molecule has 0 aromatic carbocycles.